The highest BCUT2D eigenvalue weighted by molar-refractivity contribution is 7.09. The van der Waals surface area contributed by atoms with Gasteiger partial charge in [-0.2, -0.15) is 4.99 Å². The van der Waals surface area contributed by atoms with E-state index in [1.807, 2.05) is 50.6 Å². The minimum Gasteiger partial charge on any atom is -0.292 e. The minimum atomic E-state index is -0.473. The van der Waals surface area contributed by atoms with Crippen LogP contribution in [0.2, 0.25) is 0 Å². The van der Waals surface area contributed by atoms with Crippen molar-refractivity contribution in [2.24, 2.45) is 10.4 Å². The van der Waals surface area contributed by atoms with E-state index >= 15 is 0 Å². The summed E-state index contributed by atoms with van der Waals surface area (Å²) in [7, 11) is 0. The lowest BCUT2D eigenvalue weighted by Crippen LogP contribution is -2.22. The number of hydrogen-bond donors (Lipinski definition) is 0. The Morgan fingerprint density at radius 1 is 1.09 bits per heavy atom. The second kappa shape index (κ2) is 5.78. The van der Waals surface area contributed by atoms with Gasteiger partial charge in [-0.3, -0.25) is 9.36 Å². The van der Waals surface area contributed by atoms with Gasteiger partial charge in [0.15, 0.2) is 4.80 Å². The van der Waals surface area contributed by atoms with Crippen molar-refractivity contribution in [3.05, 3.63) is 58.3 Å². The molecule has 3 aromatic rings. The second-order valence-electron chi connectivity index (χ2n) is 6.69. The van der Waals surface area contributed by atoms with Crippen molar-refractivity contribution in [2.75, 3.05) is 0 Å². The van der Waals surface area contributed by atoms with Crippen LogP contribution in [0.4, 0.5) is 0 Å². The zero-order chi connectivity index (χ0) is 16.6. The van der Waals surface area contributed by atoms with Gasteiger partial charge in [-0.05, 0) is 29.8 Å². The fourth-order valence-corrected chi connectivity index (χ4v) is 3.13. The SMILES string of the molecule is Cc1cn(-c2ccc3ccccc3c2)/c(=N/C(=O)C(C)(C)C)s1. The molecular weight excluding hydrogens is 304 g/mol. The van der Waals surface area contributed by atoms with Crippen molar-refractivity contribution in [1.29, 1.82) is 0 Å². The predicted molar refractivity (Wildman–Crippen MR) is 95.9 cm³/mol. The van der Waals surface area contributed by atoms with E-state index in [9.17, 15) is 4.79 Å². The molecule has 0 unspecified atom stereocenters. The molecule has 0 atom stereocenters. The molecule has 23 heavy (non-hydrogen) atoms. The fourth-order valence-electron chi connectivity index (χ4n) is 2.30. The van der Waals surface area contributed by atoms with Crippen molar-refractivity contribution in [1.82, 2.24) is 4.57 Å². The molecule has 0 aliphatic rings. The predicted octanol–water partition coefficient (Wildman–Crippen LogP) is 4.47. The van der Waals surface area contributed by atoms with E-state index < -0.39 is 5.41 Å². The lowest BCUT2D eigenvalue weighted by atomic mass is 9.96. The van der Waals surface area contributed by atoms with Gasteiger partial charge in [0.2, 0.25) is 0 Å². The topological polar surface area (TPSA) is 34.4 Å². The molecule has 2 aromatic carbocycles. The first-order chi connectivity index (χ1) is 10.8. The number of aromatic nitrogens is 1. The Kier molecular flexibility index (Phi) is 3.94. The van der Waals surface area contributed by atoms with Gasteiger partial charge in [-0.15, -0.1) is 11.3 Å². The third-order valence-electron chi connectivity index (χ3n) is 3.62. The van der Waals surface area contributed by atoms with E-state index in [1.54, 1.807) is 0 Å². The number of hydrogen-bond acceptors (Lipinski definition) is 2. The fraction of sp³-hybridized carbons (Fsp3) is 0.263. The van der Waals surface area contributed by atoms with E-state index in [4.69, 9.17) is 0 Å². The Morgan fingerprint density at radius 2 is 1.78 bits per heavy atom. The van der Waals surface area contributed by atoms with Gasteiger partial charge in [0.25, 0.3) is 5.91 Å². The molecule has 3 rings (SSSR count). The molecule has 1 amide bonds. The standard InChI is InChI=1S/C19H20N2OS/c1-13-12-21(18(23-13)20-17(22)19(2,3)4)16-10-9-14-7-5-6-8-15(14)11-16/h5-12H,1-4H3/b20-18-. The van der Waals surface area contributed by atoms with E-state index in [0.29, 0.717) is 0 Å². The van der Waals surface area contributed by atoms with Crippen molar-refractivity contribution in [3.8, 4) is 5.69 Å². The zero-order valence-corrected chi connectivity index (χ0v) is 14.6. The number of thiazole rings is 1. The number of carbonyl (C=O) groups excluding carboxylic acids is 1. The normalized spacial score (nSPS) is 12.8. The van der Waals surface area contributed by atoms with Crippen LogP contribution < -0.4 is 4.80 Å². The molecule has 0 bridgehead atoms. The summed E-state index contributed by atoms with van der Waals surface area (Å²) in [6.45, 7) is 7.70. The van der Waals surface area contributed by atoms with E-state index in [-0.39, 0.29) is 5.91 Å². The number of fused-ring (bicyclic) bond motifs is 1. The highest BCUT2D eigenvalue weighted by Gasteiger charge is 2.21. The summed E-state index contributed by atoms with van der Waals surface area (Å²) in [4.78, 5) is 18.5. The van der Waals surface area contributed by atoms with Crippen molar-refractivity contribution < 1.29 is 4.79 Å². The molecule has 1 aromatic heterocycles. The molecule has 3 nitrogen and oxygen atoms in total. The quantitative estimate of drug-likeness (QED) is 0.650. The third kappa shape index (κ3) is 3.27. The van der Waals surface area contributed by atoms with Crippen LogP contribution in [0.15, 0.2) is 53.7 Å². The summed E-state index contributed by atoms with van der Waals surface area (Å²) < 4.78 is 2.00. The molecule has 0 aliphatic carbocycles. The molecular formula is C19H20N2OS. The molecule has 0 saturated carbocycles. The molecule has 1 heterocycles. The van der Waals surface area contributed by atoms with Crippen LogP contribution in [0.25, 0.3) is 16.5 Å². The van der Waals surface area contributed by atoms with Crippen LogP contribution in [0, 0.1) is 12.3 Å². The number of benzene rings is 2. The maximum Gasteiger partial charge on any atom is 0.253 e. The van der Waals surface area contributed by atoms with Crippen LogP contribution in [-0.2, 0) is 4.79 Å². The van der Waals surface area contributed by atoms with Gasteiger partial charge in [0.05, 0.1) is 0 Å². The van der Waals surface area contributed by atoms with Crippen molar-refractivity contribution >= 4 is 28.0 Å². The molecule has 118 valence electrons. The number of carbonyl (C=O) groups is 1. The smallest absolute Gasteiger partial charge is 0.253 e. The Balaban J connectivity index is 2.16. The van der Waals surface area contributed by atoms with E-state index in [1.165, 1.54) is 22.1 Å². The summed E-state index contributed by atoms with van der Waals surface area (Å²) in [5, 5.41) is 2.38. The Hall–Kier alpha value is -2.20. The maximum absolute atomic E-state index is 12.3. The third-order valence-corrected chi connectivity index (χ3v) is 4.52. The van der Waals surface area contributed by atoms with Crippen LogP contribution >= 0.6 is 11.3 Å². The van der Waals surface area contributed by atoms with Crippen LogP contribution in [-0.4, -0.2) is 10.5 Å². The summed E-state index contributed by atoms with van der Waals surface area (Å²) in [6.07, 6.45) is 2.03. The summed E-state index contributed by atoms with van der Waals surface area (Å²) in [5.41, 5.74) is 0.549. The maximum atomic E-state index is 12.3. The van der Waals surface area contributed by atoms with Crippen LogP contribution in [0.5, 0.6) is 0 Å². The van der Waals surface area contributed by atoms with Crippen molar-refractivity contribution in [3.63, 3.8) is 0 Å². The van der Waals surface area contributed by atoms with Gasteiger partial charge in [0.1, 0.15) is 0 Å². The molecule has 0 N–H and O–H groups in total. The molecule has 0 radical (unpaired) electrons. The average Bonchev–Trinajstić information content (AvgIpc) is 2.86. The van der Waals surface area contributed by atoms with Gasteiger partial charge < -0.3 is 0 Å². The first-order valence-corrected chi connectivity index (χ1v) is 8.44. The Labute approximate surface area is 139 Å². The monoisotopic (exact) mass is 324 g/mol. The molecule has 0 fully saturated rings. The van der Waals surface area contributed by atoms with Crippen molar-refractivity contribution in [2.45, 2.75) is 27.7 Å². The van der Waals surface area contributed by atoms with Gasteiger partial charge in [-0.1, -0.05) is 51.1 Å². The number of nitrogens with zero attached hydrogens (tertiary/aromatic N) is 2. The van der Waals surface area contributed by atoms with Gasteiger partial charge in [0, 0.05) is 22.2 Å². The lowest BCUT2D eigenvalue weighted by Gasteiger charge is -2.12. The highest BCUT2D eigenvalue weighted by Crippen LogP contribution is 2.19. The first kappa shape index (κ1) is 15.7. The zero-order valence-electron chi connectivity index (χ0n) is 13.8. The molecule has 0 saturated heterocycles. The average molecular weight is 324 g/mol. The summed E-state index contributed by atoms with van der Waals surface area (Å²) >= 11 is 1.53. The number of rotatable bonds is 1. The van der Waals surface area contributed by atoms with Gasteiger partial charge >= 0.3 is 0 Å². The Bertz CT molecular complexity index is 942. The van der Waals surface area contributed by atoms with Crippen LogP contribution in [0.3, 0.4) is 0 Å². The number of aryl methyl sites for hydroxylation is 1. The summed E-state index contributed by atoms with van der Waals surface area (Å²) in [6, 6.07) is 14.5. The lowest BCUT2D eigenvalue weighted by molar-refractivity contribution is -0.125. The Morgan fingerprint density at radius 3 is 2.48 bits per heavy atom. The molecule has 0 aliphatic heterocycles. The number of amides is 1. The molecule has 4 heteroatoms. The summed E-state index contributed by atoms with van der Waals surface area (Å²) in [5.74, 6) is -0.103. The highest BCUT2D eigenvalue weighted by atomic mass is 32.1. The first-order valence-electron chi connectivity index (χ1n) is 7.62. The van der Waals surface area contributed by atoms with E-state index in [0.717, 1.165) is 15.4 Å². The van der Waals surface area contributed by atoms with Crippen LogP contribution in [0.1, 0.15) is 25.6 Å². The molecule has 0 spiro atoms. The van der Waals surface area contributed by atoms with E-state index in [2.05, 4.69) is 35.3 Å². The van der Waals surface area contributed by atoms with Gasteiger partial charge in [-0.25, -0.2) is 0 Å². The second-order valence-corrected chi connectivity index (χ2v) is 7.91. The minimum absolute atomic E-state index is 0.103. The largest absolute Gasteiger partial charge is 0.292 e.